The van der Waals surface area contributed by atoms with Crippen molar-refractivity contribution >= 4 is 33.7 Å². The van der Waals surface area contributed by atoms with Gasteiger partial charge in [0.1, 0.15) is 5.75 Å². The zero-order chi connectivity index (χ0) is 10.9. The predicted molar refractivity (Wildman–Crippen MR) is 53.2 cm³/mol. The first-order chi connectivity index (χ1) is 6.45. The minimum absolute atomic E-state index is 0.0850. The molecule has 1 N–H and O–H groups in total. The van der Waals surface area contributed by atoms with Gasteiger partial charge in [-0.1, -0.05) is 6.07 Å². The number of aryl methyl sites for hydroxylation is 1. The van der Waals surface area contributed by atoms with Crippen molar-refractivity contribution in [3.8, 4) is 5.75 Å². The van der Waals surface area contributed by atoms with E-state index in [2.05, 4.69) is 0 Å². The smallest absolute Gasteiger partial charge is 0.256 e. The minimum atomic E-state index is -0.832. The molecule has 0 heterocycles. The van der Waals surface area contributed by atoms with Crippen LogP contribution in [-0.2, 0) is 0 Å². The summed E-state index contributed by atoms with van der Waals surface area (Å²) in [7, 11) is 0. The fraction of sp³-hybridized carbons (Fsp3) is 0.111. The van der Waals surface area contributed by atoms with E-state index in [4.69, 9.17) is 23.2 Å². The molecule has 3 nitrogen and oxygen atoms in total. The van der Waals surface area contributed by atoms with E-state index in [0.717, 1.165) is 0 Å². The zero-order valence-corrected chi connectivity index (χ0v) is 8.69. The molecule has 0 unspecified atom stereocenters. The van der Waals surface area contributed by atoms with E-state index in [9.17, 15) is 14.7 Å². The third kappa shape index (κ3) is 1.89. The summed E-state index contributed by atoms with van der Waals surface area (Å²) in [5.41, 5.74) is 0.281. The molecule has 0 fully saturated rings. The number of hydrogen-bond acceptors (Lipinski definition) is 3. The molecule has 1 aromatic carbocycles. The van der Waals surface area contributed by atoms with E-state index in [0.29, 0.717) is 5.56 Å². The molecule has 0 aliphatic carbocycles. The fourth-order valence-corrected chi connectivity index (χ4v) is 1.49. The largest absolute Gasteiger partial charge is 0.506 e. The van der Waals surface area contributed by atoms with Gasteiger partial charge in [-0.05, 0) is 41.8 Å². The van der Waals surface area contributed by atoms with E-state index < -0.39 is 16.2 Å². The average Bonchev–Trinajstić information content (AvgIpc) is 2.02. The normalized spacial score (nSPS) is 9.93. The molecule has 0 atom stereocenters. The SMILES string of the molecule is Cc1ccc(C(=O)Cl)c(O)c1C(=O)Cl. The third-order valence-electron chi connectivity index (χ3n) is 1.79. The van der Waals surface area contributed by atoms with Gasteiger partial charge >= 0.3 is 0 Å². The second kappa shape index (κ2) is 3.98. The molecule has 0 spiro atoms. The highest BCUT2D eigenvalue weighted by molar-refractivity contribution is 6.69. The first-order valence-electron chi connectivity index (χ1n) is 3.67. The monoisotopic (exact) mass is 232 g/mol. The Hall–Kier alpha value is -1.06. The Bertz CT molecular complexity index is 413. The van der Waals surface area contributed by atoms with Gasteiger partial charge in [-0.3, -0.25) is 9.59 Å². The van der Waals surface area contributed by atoms with Gasteiger partial charge in [0, 0.05) is 0 Å². The number of aromatic hydroxyl groups is 1. The lowest BCUT2D eigenvalue weighted by Crippen LogP contribution is -1.99. The Morgan fingerprint density at radius 3 is 2.21 bits per heavy atom. The second-order valence-electron chi connectivity index (χ2n) is 2.70. The summed E-state index contributed by atoms with van der Waals surface area (Å²) < 4.78 is 0. The standard InChI is InChI=1S/C9H6Cl2O3/c1-4-2-3-5(8(10)13)7(12)6(4)9(11)14/h2-3,12H,1H3. The Morgan fingerprint density at radius 1 is 1.21 bits per heavy atom. The highest BCUT2D eigenvalue weighted by Gasteiger charge is 2.18. The van der Waals surface area contributed by atoms with E-state index in [-0.39, 0.29) is 11.1 Å². The van der Waals surface area contributed by atoms with Gasteiger partial charge in [0.05, 0.1) is 11.1 Å². The van der Waals surface area contributed by atoms with Crippen LogP contribution in [-0.4, -0.2) is 15.6 Å². The molecule has 0 saturated carbocycles. The molecule has 0 saturated heterocycles. The van der Waals surface area contributed by atoms with Gasteiger partial charge in [0.2, 0.25) is 0 Å². The van der Waals surface area contributed by atoms with Gasteiger partial charge in [0.25, 0.3) is 10.5 Å². The van der Waals surface area contributed by atoms with Crippen LogP contribution in [0.15, 0.2) is 12.1 Å². The summed E-state index contributed by atoms with van der Waals surface area (Å²) in [5.74, 6) is -0.468. The number of benzene rings is 1. The summed E-state index contributed by atoms with van der Waals surface area (Å²) in [6.45, 7) is 1.60. The lowest BCUT2D eigenvalue weighted by Gasteiger charge is -2.06. The lowest BCUT2D eigenvalue weighted by atomic mass is 10.0. The number of phenols is 1. The Labute approximate surface area is 90.3 Å². The van der Waals surface area contributed by atoms with Crippen LogP contribution in [0, 0.1) is 6.92 Å². The van der Waals surface area contributed by atoms with Crippen molar-refractivity contribution in [2.45, 2.75) is 6.92 Å². The molecule has 0 aliphatic heterocycles. The molecule has 5 heteroatoms. The molecule has 1 aromatic rings. The first-order valence-corrected chi connectivity index (χ1v) is 4.43. The van der Waals surface area contributed by atoms with E-state index in [1.807, 2.05) is 0 Å². The maximum absolute atomic E-state index is 10.9. The minimum Gasteiger partial charge on any atom is -0.506 e. The Kier molecular flexibility index (Phi) is 3.13. The maximum atomic E-state index is 10.9. The van der Waals surface area contributed by atoms with Crippen molar-refractivity contribution in [3.63, 3.8) is 0 Å². The molecule has 0 amide bonds. The maximum Gasteiger partial charge on any atom is 0.256 e. The van der Waals surface area contributed by atoms with Crippen LogP contribution < -0.4 is 0 Å². The van der Waals surface area contributed by atoms with Crippen LogP contribution in [0.4, 0.5) is 0 Å². The molecule has 0 radical (unpaired) electrons. The molecular formula is C9H6Cl2O3. The predicted octanol–water partition coefficient (Wildman–Crippen LogP) is 2.46. The highest BCUT2D eigenvalue weighted by atomic mass is 35.5. The van der Waals surface area contributed by atoms with Crippen LogP contribution in [0.3, 0.4) is 0 Å². The summed E-state index contributed by atoms with van der Waals surface area (Å²) in [6, 6.07) is 2.83. The van der Waals surface area contributed by atoms with Crippen molar-refractivity contribution in [1.82, 2.24) is 0 Å². The van der Waals surface area contributed by atoms with Gasteiger partial charge < -0.3 is 5.11 Å². The summed E-state index contributed by atoms with van der Waals surface area (Å²) >= 11 is 10.4. The van der Waals surface area contributed by atoms with Crippen LogP contribution >= 0.6 is 23.2 Å². The van der Waals surface area contributed by atoms with Crippen LogP contribution in [0.5, 0.6) is 5.75 Å². The zero-order valence-electron chi connectivity index (χ0n) is 7.17. The third-order valence-corrected chi connectivity index (χ3v) is 2.19. The first kappa shape index (κ1) is 11.0. The number of hydrogen-bond donors (Lipinski definition) is 1. The Balaban J connectivity index is 3.49. The van der Waals surface area contributed by atoms with E-state index in [1.165, 1.54) is 12.1 Å². The van der Waals surface area contributed by atoms with E-state index >= 15 is 0 Å². The van der Waals surface area contributed by atoms with Gasteiger partial charge in [-0.2, -0.15) is 0 Å². The topological polar surface area (TPSA) is 54.4 Å². The fourth-order valence-electron chi connectivity index (χ4n) is 1.10. The molecule has 14 heavy (non-hydrogen) atoms. The number of carbonyl (C=O) groups excluding carboxylic acids is 2. The lowest BCUT2D eigenvalue weighted by molar-refractivity contribution is 0.107. The highest BCUT2D eigenvalue weighted by Crippen LogP contribution is 2.28. The number of phenolic OH excluding ortho intramolecular Hbond substituents is 1. The van der Waals surface area contributed by atoms with Crippen molar-refractivity contribution < 1.29 is 14.7 Å². The molecule has 0 aromatic heterocycles. The Morgan fingerprint density at radius 2 is 1.79 bits per heavy atom. The van der Waals surface area contributed by atoms with Gasteiger partial charge in [-0.25, -0.2) is 0 Å². The quantitative estimate of drug-likeness (QED) is 0.798. The summed E-state index contributed by atoms with van der Waals surface area (Å²) in [6.07, 6.45) is 0. The van der Waals surface area contributed by atoms with Crippen LogP contribution in [0.25, 0.3) is 0 Å². The molecule has 74 valence electrons. The van der Waals surface area contributed by atoms with Gasteiger partial charge in [-0.15, -0.1) is 0 Å². The van der Waals surface area contributed by atoms with E-state index in [1.54, 1.807) is 6.92 Å². The second-order valence-corrected chi connectivity index (χ2v) is 3.39. The number of carbonyl (C=O) groups is 2. The molecular weight excluding hydrogens is 227 g/mol. The van der Waals surface area contributed by atoms with Crippen LogP contribution in [0.1, 0.15) is 26.3 Å². The average molecular weight is 233 g/mol. The molecule has 1 rings (SSSR count). The number of halogens is 2. The van der Waals surface area contributed by atoms with Gasteiger partial charge in [0.15, 0.2) is 0 Å². The van der Waals surface area contributed by atoms with Crippen LogP contribution in [0.2, 0.25) is 0 Å². The number of rotatable bonds is 2. The van der Waals surface area contributed by atoms with Crippen molar-refractivity contribution in [2.75, 3.05) is 0 Å². The summed E-state index contributed by atoms with van der Waals surface area (Å²) in [4.78, 5) is 21.7. The summed E-state index contributed by atoms with van der Waals surface area (Å²) in [5, 5.41) is 7.85. The van der Waals surface area contributed by atoms with Crippen molar-refractivity contribution in [2.24, 2.45) is 0 Å². The van der Waals surface area contributed by atoms with Crippen molar-refractivity contribution in [3.05, 3.63) is 28.8 Å². The van der Waals surface area contributed by atoms with Crippen molar-refractivity contribution in [1.29, 1.82) is 0 Å². The molecule has 0 aliphatic rings. The molecule has 0 bridgehead atoms.